The van der Waals surface area contributed by atoms with Gasteiger partial charge in [0.2, 0.25) is 0 Å². The summed E-state index contributed by atoms with van der Waals surface area (Å²) in [6.45, 7) is 2.13. The lowest BCUT2D eigenvalue weighted by atomic mass is 9.99. The maximum absolute atomic E-state index is 12.3. The number of benzene rings is 2. The Morgan fingerprint density at radius 3 is 2.57 bits per heavy atom. The van der Waals surface area contributed by atoms with Gasteiger partial charge in [0, 0.05) is 5.88 Å². The van der Waals surface area contributed by atoms with E-state index in [4.69, 9.17) is 16.3 Å². The van der Waals surface area contributed by atoms with Crippen LogP contribution in [0.5, 0.6) is 5.75 Å². The highest BCUT2D eigenvalue weighted by Crippen LogP contribution is 2.19. The molecule has 0 aliphatic carbocycles. The van der Waals surface area contributed by atoms with Gasteiger partial charge in [0.1, 0.15) is 5.75 Å². The van der Waals surface area contributed by atoms with E-state index in [1.54, 1.807) is 12.1 Å². The number of carbonyl (C=O) groups excluding carboxylic acids is 1. The van der Waals surface area contributed by atoms with Crippen molar-refractivity contribution in [3.63, 3.8) is 0 Å². The van der Waals surface area contributed by atoms with Crippen LogP contribution in [0.4, 0.5) is 0 Å². The second-order valence-corrected chi connectivity index (χ2v) is 5.20. The van der Waals surface area contributed by atoms with E-state index in [1.807, 2.05) is 36.4 Å². The normalized spacial score (nSPS) is 10.4. The van der Waals surface area contributed by atoms with E-state index in [9.17, 15) is 4.79 Å². The third kappa shape index (κ3) is 4.33. The summed E-state index contributed by atoms with van der Waals surface area (Å²) in [4.78, 5) is 12.3. The monoisotopic (exact) mass is 302 g/mol. The van der Waals surface area contributed by atoms with Gasteiger partial charge in [-0.2, -0.15) is 0 Å². The van der Waals surface area contributed by atoms with Crippen molar-refractivity contribution in [1.29, 1.82) is 0 Å². The molecule has 2 aromatic rings. The Balaban J connectivity index is 2.22. The molecular weight excluding hydrogens is 284 g/mol. The molecule has 0 bridgehead atoms. The summed E-state index contributed by atoms with van der Waals surface area (Å²) >= 11 is 5.88. The number of para-hydroxylation sites is 1. The summed E-state index contributed by atoms with van der Waals surface area (Å²) in [5.74, 6) is 0.700. The average Bonchev–Trinajstić information content (AvgIpc) is 2.53. The van der Waals surface area contributed by atoms with Crippen LogP contribution in [0.3, 0.4) is 0 Å². The zero-order valence-corrected chi connectivity index (χ0v) is 12.9. The molecule has 2 nitrogen and oxygen atoms in total. The van der Waals surface area contributed by atoms with Crippen LogP contribution in [-0.4, -0.2) is 5.97 Å². The summed E-state index contributed by atoms with van der Waals surface area (Å²) in [5, 5.41) is 0. The van der Waals surface area contributed by atoms with E-state index >= 15 is 0 Å². The number of halogens is 1. The van der Waals surface area contributed by atoms with Crippen LogP contribution in [0, 0.1) is 0 Å². The highest BCUT2D eigenvalue weighted by atomic mass is 35.5. The van der Waals surface area contributed by atoms with E-state index in [-0.39, 0.29) is 5.97 Å². The molecule has 0 aliphatic rings. The molecule has 21 heavy (non-hydrogen) atoms. The van der Waals surface area contributed by atoms with Crippen molar-refractivity contribution >= 4 is 17.6 Å². The van der Waals surface area contributed by atoms with Crippen LogP contribution in [-0.2, 0) is 12.3 Å². The summed E-state index contributed by atoms with van der Waals surface area (Å²) in [6.07, 6.45) is 2.98. The Morgan fingerprint density at radius 1 is 1.14 bits per heavy atom. The van der Waals surface area contributed by atoms with Crippen LogP contribution in [0.25, 0.3) is 0 Å². The molecular formula is C18H19ClO2. The topological polar surface area (TPSA) is 26.3 Å². The minimum atomic E-state index is -0.312. The van der Waals surface area contributed by atoms with E-state index in [0.717, 1.165) is 30.4 Å². The lowest BCUT2D eigenvalue weighted by molar-refractivity contribution is 0.0733. The quantitative estimate of drug-likeness (QED) is 0.427. The van der Waals surface area contributed by atoms with Crippen LogP contribution >= 0.6 is 11.6 Å². The van der Waals surface area contributed by atoms with Gasteiger partial charge in [-0.25, -0.2) is 4.79 Å². The molecule has 3 heteroatoms. The number of carbonyl (C=O) groups is 1. The maximum atomic E-state index is 12.3. The smallest absolute Gasteiger partial charge is 0.343 e. The number of alkyl halides is 1. The number of hydrogen-bond acceptors (Lipinski definition) is 2. The van der Waals surface area contributed by atoms with Gasteiger partial charge in [0.05, 0.1) is 5.56 Å². The molecule has 0 spiro atoms. The second-order valence-electron chi connectivity index (χ2n) is 4.93. The summed E-state index contributed by atoms with van der Waals surface area (Å²) in [7, 11) is 0. The van der Waals surface area contributed by atoms with Crippen molar-refractivity contribution < 1.29 is 9.53 Å². The summed E-state index contributed by atoms with van der Waals surface area (Å²) in [6, 6.07) is 14.8. The van der Waals surface area contributed by atoms with Crippen molar-refractivity contribution in [1.82, 2.24) is 0 Å². The summed E-state index contributed by atoms with van der Waals surface area (Å²) < 4.78 is 5.42. The van der Waals surface area contributed by atoms with Crippen LogP contribution in [0.2, 0.25) is 0 Å². The fourth-order valence-electron chi connectivity index (χ4n) is 2.15. The van der Waals surface area contributed by atoms with E-state index < -0.39 is 0 Å². The van der Waals surface area contributed by atoms with Crippen molar-refractivity contribution in [2.24, 2.45) is 0 Å². The van der Waals surface area contributed by atoms with Gasteiger partial charge >= 0.3 is 5.97 Å². The maximum Gasteiger partial charge on any atom is 0.343 e. The molecule has 0 saturated carbocycles. The molecule has 0 fully saturated rings. The molecule has 2 aromatic carbocycles. The van der Waals surface area contributed by atoms with Gasteiger partial charge in [0.15, 0.2) is 0 Å². The first-order valence-electron chi connectivity index (χ1n) is 7.19. The van der Waals surface area contributed by atoms with Crippen molar-refractivity contribution in [2.75, 3.05) is 0 Å². The Labute approximate surface area is 130 Å². The Hall–Kier alpha value is -1.80. The molecule has 0 aromatic heterocycles. The highest BCUT2D eigenvalue weighted by molar-refractivity contribution is 6.17. The standard InChI is InChI=1S/C18H19ClO2/c1-2-3-7-15-12-14(13-19)10-11-17(15)18(20)21-16-8-5-4-6-9-16/h4-6,8-12H,2-3,7,13H2,1H3. The molecule has 0 unspecified atom stereocenters. The largest absolute Gasteiger partial charge is 0.423 e. The summed E-state index contributed by atoms with van der Waals surface area (Å²) in [5.41, 5.74) is 2.66. The molecule has 0 heterocycles. The van der Waals surface area contributed by atoms with E-state index in [1.165, 1.54) is 0 Å². The van der Waals surface area contributed by atoms with Crippen molar-refractivity contribution in [2.45, 2.75) is 32.1 Å². The molecule has 0 aliphatic heterocycles. The predicted molar refractivity (Wildman–Crippen MR) is 86.0 cm³/mol. The Bertz CT molecular complexity index is 593. The zero-order chi connectivity index (χ0) is 15.1. The van der Waals surface area contributed by atoms with Gasteiger partial charge in [-0.1, -0.05) is 43.7 Å². The number of aryl methyl sites for hydroxylation is 1. The van der Waals surface area contributed by atoms with Gasteiger partial charge in [0.25, 0.3) is 0 Å². The Kier molecular flexibility index (Phi) is 5.82. The predicted octanol–water partition coefficient (Wildman–Crippen LogP) is 4.99. The minimum absolute atomic E-state index is 0.312. The number of rotatable bonds is 6. The third-order valence-electron chi connectivity index (χ3n) is 3.30. The fraction of sp³-hybridized carbons (Fsp3) is 0.278. The number of ether oxygens (including phenoxy) is 1. The van der Waals surface area contributed by atoms with E-state index in [2.05, 4.69) is 6.92 Å². The van der Waals surface area contributed by atoms with Gasteiger partial charge in [-0.15, -0.1) is 11.6 Å². The minimum Gasteiger partial charge on any atom is -0.423 e. The van der Waals surface area contributed by atoms with Crippen LogP contribution in [0.15, 0.2) is 48.5 Å². The van der Waals surface area contributed by atoms with Crippen molar-refractivity contribution in [3.05, 3.63) is 65.2 Å². The molecule has 110 valence electrons. The van der Waals surface area contributed by atoms with Gasteiger partial charge in [-0.05, 0) is 42.2 Å². The zero-order valence-electron chi connectivity index (χ0n) is 12.1. The number of esters is 1. The molecule has 0 amide bonds. The lowest BCUT2D eigenvalue weighted by Crippen LogP contribution is -2.12. The van der Waals surface area contributed by atoms with Crippen LogP contribution in [0.1, 0.15) is 41.3 Å². The second kappa shape index (κ2) is 7.84. The average molecular weight is 303 g/mol. The molecule has 2 rings (SSSR count). The van der Waals surface area contributed by atoms with Crippen molar-refractivity contribution in [3.8, 4) is 5.75 Å². The number of unbranched alkanes of at least 4 members (excludes halogenated alkanes) is 1. The molecule has 0 atom stereocenters. The molecule has 0 radical (unpaired) electrons. The first kappa shape index (κ1) is 15.6. The Morgan fingerprint density at radius 2 is 1.90 bits per heavy atom. The fourth-order valence-corrected chi connectivity index (χ4v) is 2.32. The first-order chi connectivity index (χ1) is 10.2. The van der Waals surface area contributed by atoms with E-state index in [0.29, 0.717) is 17.2 Å². The first-order valence-corrected chi connectivity index (χ1v) is 7.73. The SMILES string of the molecule is CCCCc1cc(CCl)ccc1C(=O)Oc1ccccc1. The van der Waals surface area contributed by atoms with Gasteiger partial charge < -0.3 is 4.74 Å². The highest BCUT2D eigenvalue weighted by Gasteiger charge is 2.14. The molecule has 0 saturated heterocycles. The lowest BCUT2D eigenvalue weighted by Gasteiger charge is -2.10. The van der Waals surface area contributed by atoms with Gasteiger partial charge in [-0.3, -0.25) is 0 Å². The molecule has 0 N–H and O–H groups in total. The number of hydrogen-bond donors (Lipinski definition) is 0. The third-order valence-corrected chi connectivity index (χ3v) is 3.61. The van der Waals surface area contributed by atoms with Crippen LogP contribution < -0.4 is 4.74 Å².